The van der Waals surface area contributed by atoms with Gasteiger partial charge in [-0.3, -0.25) is 4.79 Å². The van der Waals surface area contributed by atoms with E-state index in [2.05, 4.69) is 15.6 Å². The number of benzene rings is 1. The quantitative estimate of drug-likeness (QED) is 0.870. The molecule has 1 atom stereocenters. The number of hydrogen-bond acceptors (Lipinski definition) is 4. The molecule has 1 heterocycles. The van der Waals surface area contributed by atoms with Crippen LogP contribution in [0.5, 0.6) is 0 Å². The van der Waals surface area contributed by atoms with E-state index in [4.69, 9.17) is 16.7 Å². The Hall–Kier alpha value is -1.92. The number of halogens is 1. The molecule has 20 heavy (non-hydrogen) atoms. The number of amides is 1. The summed E-state index contributed by atoms with van der Waals surface area (Å²) >= 11 is 6.05. The number of hydrogen-bond donors (Lipinski definition) is 2. The highest BCUT2D eigenvalue weighted by molar-refractivity contribution is 6.32. The molecule has 106 valence electrons. The molecule has 0 bridgehead atoms. The minimum atomic E-state index is -0.330. The monoisotopic (exact) mass is 294 g/mol. The van der Waals surface area contributed by atoms with Crippen molar-refractivity contribution in [2.75, 3.05) is 13.2 Å². The second-order valence-electron chi connectivity index (χ2n) is 4.50. The maximum absolute atomic E-state index is 11.9. The lowest BCUT2D eigenvalue weighted by atomic mass is 10.2. The Balaban J connectivity index is 2.09. The summed E-state index contributed by atoms with van der Waals surface area (Å²) in [5.74, 6) is -0.332. The van der Waals surface area contributed by atoms with Crippen molar-refractivity contribution in [1.29, 1.82) is 0 Å². The number of aliphatic hydroxyl groups excluding tert-OH is 1. The summed E-state index contributed by atoms with van der Waals surface area (Å²) < 4.78 is 1.45. The van der Waals surface area contributed by atoms with Gasteiger partial charge in [-0.25, -0.2) is 4.68 Å². The van der Waals surface area contributed by atoms with Crippen molar-refractivity contribution < 1.29 is 9.90 Å². The molecule has 0 saturated heterocycles. The van der Waals surface area contributed by atoms with Crippen LogP contribution in [0.2, 0.25) is 5.02 Å². The molecule has 0 aliphatic heterocycles. The van der Waals surface area contributed by atoms with Crippen LogP contribution in [0.1, 0.15) is 17.4 Å². The summed E-state index contributed by atoms with van der Waals surface area (Å²) in [6, 6.07) is 7.16. The third kappa shape index (κ3) is 3.34. The van der Waals surface area contributed by atoms with Gasteiger partial charge in [-0.1, -0.05) is 35.9 Å². The summed E-state index contributed by atoms with van der Waals surface area (Å²) in [7, 11) is 0. The van der Waals surface area contributed by atoms with Crippen LogP contribution in [-0.4, -0.2) is 39.2 Å². The fraction of sp³-hybridized carbons (Fsp3) is 0.308. The van der Waals surface area contributed by atoms with Gasteiger partial charge in [0.15, 0.2) is 5.69 Å². The summed E-state index contributed by atoms with van der Waals surface area (Å²) in [4.78, 5) is 11.9. The molecule has 7 heteroatoms. The number of aromatic nitrogens is 3. The number of aliphatic hydroxyl groups is 1. The van der Waals surface area contributed by atoms with Crippen LogP contribution in [0.25, 0.3) is 5.69 Å². The maximum Gasteiger partial charge on any atom is 0.273 e. The molecule has 0 aliphatic rings. The number of rotatable bonds is 5. The number of para-hydroxylation sites is 1. The summed E-state index contributed by atoms with van der Waals surface area (Å²) in [5, 5.41) is 19.8. The topological polar surface area (TPSA) is 80.0 Å². The molecule has 0 spiro atoms. The first kappa shape index (κ1) is 14.5. The Bertz CT molecular complexity index is 600. The molecule has 2 aromatic rings. The van der Waals surface area contributed by atoms with Crippen LogP contribution in [-0.2, 0) is 0 Å². The molecule has 2 rings (SSSR count). The lowest BCUT2D eigenvalue weighted by molar-refractivity contribution is 0.0937. The maximum atomic E-state index is 11.9. The highest BCUT2D eigenvalue weighted by atomic mass is 35.5. The van der Waals surface area contributed by atoms with E-state index in [1.807, 2.05) is 19.1 Å². The van der Waals surface area contributed by atoms with Crippen LogP contribution >= 0.6 is 11.6 Å². The molecule has 1 aromatic carbocycles. The average molecular weight is 295 g/mol. The Morgan fingerprint density at radius 2 is 2.25 bits per heavy atom. The van der Waals surface area contributed by atoms with E-state index in [1.54, 1.807) is 12.1 Å². The Kier molecular flexibility index (Phi) is 4.70. The van der Waals surface area contributed by atoms with Gasteiger partial charge < -0.3 is 10.4 Å². The highest BCUT2D eigenvalue weighted by Gasteiger charge is 2.13. The standard InChI is InChI=1S/C13H15ClN4O2/c1-9(8-19)6-15-13(20)11-7-18(17-16-11)12-5-3-2-4-10(12)14/h2-5,7,9,19H,6,8H2,1H3,(H,15,20). The van der Waals surface area contributed by atoms with Crippen LogP contribution < -0.4 is 5.32 Å². The van der Waals surface area contributed by atoms with Crippen molar-refractivity contribution in [3.8, 4) is 5.69 Å². The van der Waals surface area contributed by atoms with Crippen molar-refractivity contribution in [3.63, 3.8) is 0 Å². The molecular weight excluding hydrogens is 280 g/mol. The normalized spacial score (nSPS) is 12.2. The molecule has 0 fully saturated rings. The van der Waals surface area contributed by atoms with Gasteiger partial charge in [0.2, 0.25) is 0 Å². The second-order valence-corrected chi connectivity index (χ2v) is 4.90. The van der Waals surface area contributed by atoms with Gasteiger partial charge in [0.1, 0.15) is 0 Å². The Morgan fingerprint density at radius 3 is 2.95 bits per heavy atom. The van der Waals surface area contributed by atoms with Crippen LogP contribution in [0, 0.1) is 5.92 Å². The molecule has 6 nitrogen and oxygen atoms in total. The van der Waals surface area contributed by atoms with Gasteiger partial charge in [-0.15, -0.1) is 5.10 Å². The first-order chi connectivity index (χ1) is 9.61. The van der Waals surface area contributed by atoms with E-state index < -0.39 is 0 Å². The number of carbonyl (C=O) groups excluding carboxylic acids is 1. The first-order valence-electron chi connectivity index (χ1n) is 6.18. The van der Waals surface area contributed by atoms with E-state index in [0.29, 0.717) is 17.3 Å². The largest absolute Gasteiger partial charge is 0.396 e. The van der Waals surface area contributed by atoms with E-state index in [-0.39, 0.29) is 24.1 Å². The van der Waals surface area contributed by atoms with Crippen molar-refractivity contribution in [2.24, 2.45) is 5.92 Å². The number of nitrogens with zero attached hydrogens (tertiary/aromatic N) is 3. The zero-order chi connectivity index (χ0) is 14.5. The predicted molar refractivity (Wildman–Crippen MR) is 75.0 cm³/mol. The lowest BCUT2D eigenvalue weighted by Gasteiger charge is -2.07. The lowest BCUT2D eigenvalue weighted by Crippen LogP contribution is -2.29. The molecule has 0 saturated carbocycles. The van der Waals surface area contributed by atoms with Gasteiger partial charge in [0.25, 0.3) is 5.91 Å². The Labute approximate surface area is 121 Å². The smallest absolute Gasteiger partial charge is 0.273 e. The SMILES string of the molecule is CC(CO)CNC(=O)c1cn(-c2ccccc2Cl)nn1. The summed E-state index contributed by atoms with van der Waals surface area (Å²) in [6.07, 6.45) is 1.51. The highest BCUT2D eigenvalue weighted by Crippen LogP contribution is 2.18. The van der Waals surface area contributed by atoms with Crippen LogP contribution in [0.15, 0.2) is 30.5 Å². The zero-order valence-electron chi connectivity index (χ0n) is 11.0. The molecule has 0 radical (unpaired) electrons. The van der Waals surface area contributed by atoms with Gasteiger partial charge in [-0.2, -0.15) is 0 Å². The molecule has 2 N–H and O–H groups in total. The van der Waals surface area contributed by atoms with Crippen molar-refractivity contribution >= 4 is 17.5 Å². The first-order valence-corrected chi connectivity index (χ1v) is 6.56. The molecule has 0 aliphatic carbocycles. The van der Waals surface area contributed by atoms with Gasteiger partial charge >= 0.3 is 0 Å². The number of carbonyl (C=O) groups is 1. The molecular formula is C13H15ClN4O2. The summed E-state index contributed by atoms with van der Waals surface area (Å²) in [6.45, 7) is 2.24. The minimum Gasteiger partial charge on any atom is -0.396 e. The van der Waals surface area contributed by atoms with E-state index in [0.717, 1.165) is 0 Å². The number of nitrogens with one attached hydrogen (secondary N) is 1. The fourth-order valence-corrected chi connectivity index (χ4v) is 1.77. The molecule has 1 aromatic heterocycles. The third-order valence-corrected chi connectivity index (χ3v) is 3.07. The van der Waals surface area contributed by atoms with Crippen LogP contribution in [0.3, 0.4) is 0 Å². The Morgan fingerprint density at radius 1 is 1.50 bits per heavy atom. The third-order valence-electron chi connectivity index (χ3n) is 2.75. The minimum absolute atomic E-state index is 0.00226. The fourth-order valence-electron chi connectivity index (χ4n) is 1.55. The second kappa shape index (κ2) is 6.49. The van der Waals surface area contributed by atoms with Crippen LogP contribution in [0.4, 0.5) is 0 Å². The van der Waals surface area contributed by atoms with Gasteiger partial charge in [0.05, 0.1) is 16.9 Å². The zero-order valence-corrected chi connectivity index (χ0v) is 11.7. The predicted octanol–water partition coefficient (Wildman–Crippen LogP) is 1.28. The van der Waals surface area contributed by atoms with Crippen molar-refractivity contribution in [2.45, 2.75) is 6.92 Å². The van der Waals surface area contributed by atoms with E-state index in [1.165, 1.54) is 10.9 Å². The van der Waals surface area contributed by atoms with E-state index in [9.17, 15) is 4.79 Å². The van der Waals surface area contributed by atoms with Gasteiger partial charge in [0, 0.05) is 13.2 Å². The average Bonchev–Trinajstić information content (AvgIpc) is 2.94. The van der Waals surface area contributed by atoms with E-state index >= 15 is 0 Å². The van der Waals surface area contributed by atoms with Gasteiger partial charge in [-0.05, 0) is 18.1 Å². The molecule has 1 amide bonds. The molecule has 1 unspecified atom stereocenters. The summed E-state index contributed by atoms with van der Waals surface area (Å²) in [5.41, 5.74) is 0.861. The van der Waals surface area contributed by atoms with Crippen molar-refractivity contribution in [1.82, 2.24) is 20.3 Å². The van der Waals surface area contributed by atoms with Crippen molar-refractivity contribution in [3.05, 3.63) is 41.2 Å².